The topological polar surface area (TPSA) is 55.2 Å². The zero-order chi connectivity index (χ0) is 16.8. The third kappa shape index (κ3) is 4.31. The van der Waals surface area contributed by atoms with E-state index >= 15 is 0 Å². The maximum atomic E-state index is 8.80. The molecule has 0 aliphatic carbocycles. The lowest BCUT2D eigenvalue weighted by Crippen LogP contribution is -2.44. The Morgan fingerprint density at radius 2 is 1.67 bits per heavy atom. The van der Waals surface area contributed by atoms with Gasteiger partial charge in [0, 0.05) is 45.5 Å². The van der Waals surface area contributed by atoms with Gasteiger partial charge in [0.25, 0.3) is 0 Å². The van der Waals surface area contributed by atoms with Crippen LogP contribution in [0.25, 0.3) is 0 Å². The van der Waals surface area contributed by atoms with Crippen LogP contribution in [0.1, 0.15) is 16.7 Å². The molecule has 1 aromatic carbocycles. The SMILES string of the molecule is CN1CCN(c2ccc(CNCc3ccc(C#N)cc3)cn2)CC1. The molecule has 1 N–H and O–H groups in total. The Morgan fingerprint density at radius 1 is 1.00 bits per heavy atom. The number of nitriles is 1. The molecule has 0 saturated carbocycles. The fraction of sp³-hybridized carbons (Fsp3) is 0.368. The number of nitrogens with zero attached hydrogens (tertiary/aromatic N) is 4. The smallest absolute Gasteiger partial charge is 0.128 e. The van der Waals surface area contributed by atoms with Gasteiger partial charge in [-0.25, -0.2) is 4.98 Å². The van der Waals surface area contributed by atoms with Crippen molar-refractivity contribution in [2.75, 3.05) is 38.1 Å². The second kappa shape index (κ2) is 7.91. The quantitative estimate of drug-likeness (QED) is 0.913. The second-order valence-electron chi connectivity index (χ2n) is 6.23. The Bertz CT molecular complexity index is 679. The fourth-order valence-corrected chi connectivity index (χ4v) is 2.79. The van der Waals surface area contributed by atoms with E-state index in [1.54, 1.807) is 0 Å². The van der Waals surface area contributed by atoms with Gasteiger partial charge in [0.1, 0.15) is 5.82 Å². The predicted molar refractivity (Wildman–Crippen MR) is 95.6 cm³/mol. The van der Waals surface area contributed by atoms with Gasteiger partial charge in [0.2, 0.25) is 0 Å². The van der Waals surface area contributed by atoms with E-state index in [4.69, 9.17) is 5.26 Å². The standard InChI is InChI=1S/C19H23N5/c1-23-8-10-24(11-9-23)19-7-6-18(15-22-19)14-21-13-17-4-2-16(12-20)3-5-17/h2-7,15,21H,8-11,13-14H2,1H3. The molecule has 1 saturated heterocycles. The van der Waals surface area contributed by atoms with Gasteiger partial charge in [-0.3, -0.25) is 0 Å². The molecule has 124 valence electrons. The second-order valence-corrected chi connectivity index (χ2v) is 6.23. The lowest BCUT2D eigenvalue weighted by Gasteiger charge is -2.33. The van der Waals surface area contributed by atoms with Crippen molar-refractivity contribution in [3.8, 4) is 6.07 Å². The highest BCUT2D eigenvalue weighted by Crippen LogP contribution is 2.13. The van der Waals surface area contributed by atoms with Crippen LogP contribution in [0.3, 0.4) is 0 Å². The van der Waals surface area contributed by atoms with E-state index in [-0.39, 0.29) is 0 Å². The number of piperazine rings is 1. The van der Waals surface area contributed by atoms with Crippen molar-refractivity contribution < 1.29 is 0 Å². The first kappa shape index (κ1) is 16.4. The summed E-state index contributed by atoms with van der Waals surface area (Å²) in [7, 11) is 2.16. The molecule has 1 aromatic heterocycles. The van der Waals surface area contributed by atoms with Gasteiger partial charge in [-0.1, -0.05) is 18.2 Å². The molecule has 1 aliphatic rings. The zero-order valence-electron chi connectivity index (χ0n) is 14.1. The minimum atomic E-state index is 0.697. The first-order valence-corrected chi connectivity index (χ1v) is 8.33. The van der Waals surface area contributed by atoms with E-state index in [2.05, 4.69) is 45.4 Å². The molecule has 0 unspecified atom stereocenters. The van der Waals surface area contributed by atoms with Gasteiger partial charge in [-0.2, -0.15) is 5.26 Å². The van der Waals surface area contributed by atoms with E-state index in [9.17, 15) is 0 Å². The molecule has 24 heavy (non-hydrogen) atoms. The van der Waals surface area contributed by atoms with Gasteiger partial charge < -0.3 is 15.1 Å². The summed E-state index contributed by atoms with van der Waals surface area (Å²) in [5.74, 6) is 1.07. The number of nitrogens with one attached hydrogen (secondary N) is 1. The number of hydrogen-bond acceptors (Lipinski definition) is 5. The molecule has 0 spiro atoms. The van der Waals surface area contributed by atoms with Crippen molar-refractivity contribution in [2.45, 2.75) is 13.1 Å². The van der Waals surface area contributed by atoms with E-state index in [0.29, 0.717) is 5.56 Å². The molecule has 5 heteroatoms. The largest absolute Gasteiger partial charge is 0.354 e. The minimum Gasteiger partial charge on any atom is -0.354 e. The van der Waals surface area contributed by atoms with Gasteiger partial charge in [0.05, 0.1) is 11.6 Å². The molecule has 0 amide bonds. The fourth-order valence-electron chi connectivity index (χ4n) is 2.79. The number of pyridine rings is 1. The van der Waals surface area contributed by atoms with Crippen LogP contribution in [0.15, 0.2) is 42.6 Å². The number of anilines is 1. The maximum Gasteiger partial charge on any atom is 0.128 e. The Kier molecular flexibility index (Phi) is 5.42. The molecule has 0 atom stereocenters. The van der Waals surface area contributed by atoms with E-state index in [1.807, 2.05) is 30.5 Å². The van der Waals surface area contributed by atoms with Gasteiger partial charge >= 0.3 is 0 Å². The Labute approximate surface area is 143 Å². The monoisotopic (exact) mass is 321 g/mol. The number of benzene rings is 1. The highest BCUT2D eigenvalue weighted by Gasteiger charge is 2.14. The molecule has 5 nitrogen and oxygen atoms in total. The summed E-state index contributed by atoms with van der Waals surface area (Å²) in [6.07, 6.45) is 1.96. The van der Waals surface area contributed by atoms with Crippen molar-refractivity contribution in [3.63, 3.8) is 0 Å². The molecule has 3 rings (SSSR count). The van der Waals surface area contributed by atoms with Crippen LogP contribution in [0.5, 0.6) is 0 Å². The van der Waals surface area contributed by atoms with Crippen molar-refractivity contribution in [1.82, 2.24) is 15.2 Å². The van der Waals surface area contributed by atoms with Crippen LogP contribution >= 0.6 is 0 Å². The Balaban J connectivity index is 1.48. The number of hydrogen-bond donors (Lipinski definition) is 1. The molecular weight excluding hydrogens is 298 g/mol. The predicted octanol–water partition coefficient (Wildman–Crippen LogP) is 1.99. The number of likely N-dealkylation sites (N-methyl/N-ethyl adjacent to an activating group) is 1. The molecular formula is C19H23N5. The zero-order valence-corrected chi connectivity index (χ0v) is 14.1. The van der Waals surface area contributed by atoms with Gasteiger partial charge in [0.15, 0.2) is 0 Å². The van der Waals surface area contributed by atoms with Crippen LogP contribution in [0, 0.1) is 11.3 Å². The molecule has 1 fully saturated rings. The van der Waals surface area contributed by atoms with Crippen molar-refractivity contribution in [1.29, 1.82) is 5.26 Å². The molecule has 0 radical (unpaired) electrons. The van der Waals surface area contributed by atoms with Crippen LogP contribution in [0.4, 0.5) is 5.82 Å². The first-order chi connectivity index (χ1) is 11.7. The summed E-state index contributed by atoms with van der Waals surface area (Å²) in [4.78, 5) is 9.29. The van der Waals surface area contributed by atoms with Crippen LogP contribution in [0.2, 0.25) is 0 Å². The summed E-state index contributed by atoms with van der Waals surface area (Å²) in [5, 5.41) is 12.2. The maximum absolute atomic E-state index is 8.80. The lowest BCUT2D eigenvalue weighted by atomic mass is 10.1. The van der Waals surface area contributed by atoms with Crippen molar-refractivity contribution >= 4 is 5.82 Å². The van der Waals surface area contributed by atoms with Gasteiger partial charge in [-0.15, -0.1) is 0 Å². The lowest BCUT2D eigenvalue weighted by molar-refractivity contribution is 0.312. The third-order valence-corrected chi connectivity index (χ3v) is 4.38. The summed E-state index contributed by atoms with van der Waals surface area (Å²) >= 11 is 0. The third-order valence-electron chi connectivity index (χ3n) is 4.38. The number of aromatic nitrogens is 1. The Hall–Kier alpha value is -2.42. The van der Waals surface area contributed by atoms with Crippen molar-refractivity contribution in [3.05, 3.63) is 59.3 Å². The van der Waals surface area contributed by atoms with Crippen LogP contribution < -0.4 is 10.2 Å². The minimum absolute atomic E-state index is 0.697. The first-order valence-electron chi connectivity index (χ1n) is 8.33. The summed E-state index contributed by atoms with van der Waals surface area (Å²) in [6.45, 7) is 5.84. The van der Waals surface area contributed by atoms with E-state index < -0.39 is 0 Å². The summed E-state index contributed by atoms with van der Waals surface area (Å²) in [6, 6.07) is 14.1. The highest BCUT2D eigenvalue weighted by atomic mass is 15.3. The molecule has 2 heterocycles. The van der Waals surface area contributed by atoms with Gasteiger partial charge in [-0.05, 0) is 36.4 Å². The molecule has 1 aliphatic heterocycles. The molecule has 2 aromatic rings. The van der Waals surface area contributed by atoms with Crippen LogP contribution in [-0.2, 0) is 13.1 Å². The average Bonchev–Trinajstić information content (AvgIpc) is 2.64. The van der Waals surface area contributed by atoms with E-state index in [1.165, 1.54) is 11.1 Å². The highest BCUT2D eigenvalue weighted by molar-refractivity contribution is 5.40. The number of rotatable bonds is 5. The normalized spacial score (nSPS) is 15.2. The van der Waals surface area contributed by atoms with Crippen LogP contribution in [-0.4, -0.2) is 43.1 Å². The molecule has 0 bridgehead atoms. The van der Waals surface area contributed by atoms with E-state index in [0.717, 1.165) is 45.1 Å². The Morgan fingerprint density at radius 3 is 2.29 bits per heavy atom. The summed E-state index contributed by atoms with van der Waals surface area (Å²) < 4.78 is 0. The summed E-state index contributed by atoms with van der Waals surface area (Å²) in [5.41, 5.74) is 3.06. The van der Waals surface area contributed by atoms with Crippen molar-refractivity contribution in [2.24, 2.45) is 0 Å². The average molecular weight is 321 g/mol.